The molecule has 0 saturated carbocycles. The van der Waals surface area contributed by atoms with Crippen LogP contribution in [0.25, 0.3) is 33.4 Å². The number of hydrogen-bond acceptors (Lipinski definition) is 5. The number of pyridine rings is 1. The number of furan rings is 1. The average Bonchev–Trinajstić information content (AvgIpc) is 3.18. The highest BCUT2D eigenvalue weighted by Crippen LogP contribution is 2.41. The largest absolute Gasteiger partial charge is 0.455 e. The molecule has 0 unspecified atom stereocenters. The molecule has 4 aromatic rings. The minimum absolute atomic E-state index is 0.180. The number of nitrogens with one attached hydrogen (secondary N) is 1. The van der Waals surface area contributed by atoms with Gasteiger partial charge in [0.1, 0.15) is 17.2 Å². The Balaban J connectivity index is 2.12. The van der Waals surface area contributed by atoms with E-state index in [4.69, 9.17) is 4.42 Å². The van der Waals surface area contributed by atoms with Crippen molar-refractivity contribution < 1.29 is 22.0 Å². The van der Waals surface area contributed by atoms with Crippen LogP contribution in [0.4, 0.5) is 10.1 Å². The Hall–Kier alpha value is -3.92. The van der Waals surface area contributed by atoms with Gasteiger partial charge >= 0.3 is 0 Å². The van der Waals surface area contributed by atoms with Gasteiger partial charge in [-0.05, 0) is 43.3 Å². The third-order valence-corrected chi connectivity index (χ3v) is 7.07. The van der Waals surface area contributed by atoms with Gasteiger partial charge in [-0.15, -0.1) is 0 Å². The molecule has 2 aromatic carbocycles. The minimum Gasteiger partial charge on any atom is -0.455 e. The lowest BCUT2D eigenvalue weighted by molar-refractivity contribution is 0.0964. The third-order valence-electron chi connectivity index (χ3n) is 5.88. The van der Waals surface area contributed by atoms with Gasteiger partial charge in [-0.25, -0.2) is 12.8 Å². The zero-order valence-electron chi connectivity index (χ0n) is 19.8. The van der Waals surface area contributed by atoms with Crippen LogP contribution in [0.5, 0.6) is 0 Å². The molecule has 182 valence electrons. The maximum atomic E-state index is 13.5. The van der Waals surface area contributed by atoms with Crippen molar-refractivity contribution in [2.24, 2.45) is 7.05 Å². The highest BCUT2D eigenvalue weighted by atomic mass is 32.2. The van der Waals surface area contributed by atoms with Crippen LogP contribution in [0, 0.1) is 12.7 Å². The van der Waals surface area contributed by atoms with Crippen molar-refractivity contribution in [2.75, 3.05) is 24.7 Å². The normalized spacial score (nSPS) is 11.6. The Morgan fingerprint density at radius 3 is 2.34 bits per heavy atom. The van der Waals surface area contributed by atoms with E-state index in [2.05, 4.69) is 5.32 Å². The lowest BCUT2D eigenvalue weighted by Crippen LogP contribution is -2.25. The number of halogens is 1. The number of rotatable bonds is 5. The smallest absolute Gasteiger partial charge is 0.255 e. The van der Waals surface area contributed by atoms with Gasteiger partial charge in [0.25, 0.3) is 11.5 Å². The zero-order valence-corrected chi connectivity index (χ0v) is 20.7. The summed E-state index contributed by atoms with van der Waals surface area (Å²) >= 11 is 0. The minimum atomic E-state index is -3.66. The third kappa shape index (κ3) is 4.32. The first-order chi connectivity index (χ1) is 16.4. The fraction of sp³-hybridized carbons (Fsp3) is 0.200. The highest BCUT2D eigenvalue weighted by molar-refractivity contribution is 7.92. The van der Waals surface area contributed by atoms with Crippen LogP contribution in [-0.4, -0.2) is 39.2 Å². The van der Waals surface area contributed by atoms with Gasteiger partial charge in [-0.1, -0.05) is 0 Å². The van der Waals surface area contributed by atoms with Gasteiger partial charge in [0, 0.05) is 61.0 Å². The van der Waals surface area contributed by atoms with Gasteiger partial charge < -0.3 is 14.3 Å². The summed E-state index contributed by atoms with van der Waals surface area (Å²) in [6.07, 6.45) is 2.69. The maximum Gasteiger partial charge on any atom is 0.255 e. The molecule has 1 amide bonds. The number of carbonyl (C=O) groups is 1. The van der Waals surface area contributed by atoms with E-state index in [1.54, 1.807) is 38.4 Å². The Kier molecular flexibility index (Phi) is 6.02. The van der Waals surface area contributed by atoms with E-state index in [1.807, 2.05) is 0 Å². The molecule has 8 nitrogen and oxygen atoms in total. The van der Waals surface area contributed by atoms with Crippen LogP contribution in [0.2, 0.25) is 0 Å². The number of aromatic nitrogens is 1. The number of amides is 1. The van der Waals surface area contributed by atoms with Gasteiger partial charge in [-0.2, -0.15) is 0 Å². The Morgan fingerprint density at radius 1 is 1.11 bits per heavy atom. The quantitative estimate of drug-likeness (QED) is 0.453. The molecule has 0 aliphatic rings. The number of hydrogen-bond donors (Lipinski definition) is 1. The fourth-order valence-electron chi connectivity index (χ4n) is 3.98. The Bertz CT molecular complexity index is 1610. The molecule has 0 saturated heterocycles. The van der Waals surface area contributed by atoms with Gasteiger partial charge in [0.15, 0.2) is 0 Å². The van der Waals surface area contributed by atoms with Crippen LogP contribution in [0.3, 0.4) is 0 Å². The molecule has 10 heteroatoms. The molecule has 0 fully saturated rings. The first kappa shape index (κ1) is 24.2. The predicted octanol–water partition coefficient (Wildman–Crippen LogP) is 3.67. The standard InChI is InChI=1S/C25H24FN3O5S/c1-14-10-16(13-28(3)25(14)31)18-11-19-21(12-20(18)29(4)35(5,32)33)34-23(22(19)24(30)27-2)15-6-8-17(26)9-7-15/h6-13H,1-5H3,(H,27,30). The summed E-state index contributed by atoms with van der Waals surface area (Å²) in [5.41, 5.74) is 2.67. The molecule has 2 heterocycles. The molecule has 4 rings (SSSR count). The van der Waals surface area contributed by atoms with Crippen LogP contribution >= 0.6 is 0 Å². The molecule has 35 heavy (non-hydrogen) atoms. The van der Waals surface area contributed by atoms with E-state index in [9.17, 15) is 22.4 Å². The summed E-state index contributed by atoms with van der Waals surface area (Å²) in [6, 6.07) is 10.4. The van der Waals surface area contributed by atoms with E-state index in [-0.39, 0.29) is 22.5 Å². The van der Waals surface area contributed by atoms with Crippen LogP contribution in [0.15, 0.2) is 57.9 Å². The lowest BCUT2D eigenvalue weighted by atomic mass is 9.98. The first-order valence-corrected chi connectivity index (χ1v) is 12.5. The summed E-state index contributed by atoms with van der Waals surface area (Å²) in [7, 11) is 0.846. The van der Waals surface area contributed by atoms with Crippen molar-refractivity contribution in [3.8, 4) is 22.5 Å². The van der Waals surface area contributed by atoms with Crippen molar-refractivity contribution >= 4 is 32.6 Å². The number of anilines is 1. The van der Waals surface area contributed by atoms with Crippen LogP contribution in [-0.2, 0) is 17.1 Å². The van der Waals surface area contributed by atoms with E-state index in [0.29, 0.717) is 33.3 Å². The summed E-state index contributed by atoms with van der Waals surface area (Å²) in [6.45, 7) is 1.67. The van der Waals surface area contributed by atoms with E-state index < -0.39 is 21.7 Å². The number of aryl methyl sites for hydroxylation is 2. The second kappa shape index (κ2) is 8.70. The van der Waals surface area contributed by atoms with Gasteiger partial charge in [-0.3, -0.25) is 13.9 Å². The molecule has 0 aliphatic heterocycles. The van der Waals surface area contributed by atoms with Gasteiger partial charge in [0.05, 0.1) is 17.5 Å². The number of benzene rings is 2. The molecule has 0 spiro atoms. The van der Waals surface area contributed by atoms with Crippen molar-refractivity contribution in [2.45, 2.75) is 6.92 Å². The molecule has 0 atom stereocenters. The van der Waals surface area contributed by atoms with E-state index in [0.717, 1.165) is 10.6 Å². The van der Waals surface area contributed by atoms with Crippen molar-refractivity contribution in [3.63, 3.8) is 0 Å². The van der Waals surface area contributed by atoms with Crippen molar-refractivity contribution in [1.82, 2.24) is 9.88 Å². The number of sulfonamides is 1. The predicted molar refractivity (Wildman–Crippen MR) is 134 cm³/mol. The summed E-state index contributed by atoms with van der Waals surface area (Å²) < 4.78 is 47.0. The van der Waals surface area contributed by atoms with Crippen LogP contribution in [0.1, 0.15) is 15.9 Å². The van der Waals surface area contributed by atoms with Gasteiger partial charge in [0.2, 0.25) is 10.0 Å². The van der Waals surface area contributed by atoms with E-state index >= 15 is 0 Å². The second-order valence-corrected chi connectivity index (χ2v) is 10.3. The molecular formula is C25H24FN3O5S. The topological polar surface area (TPSA) is 102 Å². The monoisotopic (exact) mass is 497 g/mol. The van der Waals surface area contributed by atoms with E-state index in [1.165, 1.54) is 42.9 Å². The molecule has 0 radical (unpaired) electrons. The number of nitrogens with zero attached hydrogens (tertiary/aromatic N) is 2. The summed E-state index contributed by atoms with van der Waals surface area (Å²) in [4.78, 5) is 25.2. The summed E-state index contributed by atoms with van der Waals surface area (Å²) in [5, 5.41) is 3.04. The lowest BCUT2D eigenvalue weighted by Gasteiger charge is -2.21. The van der Waals surface area contributed by atoms with Crippen LogP contribution < -0.4 is 15.2 Å². The molecule has 1 N–H and O–H groups in total. The maximum absolute atomic E-state index is 13.5. The van der Waals surface area contributed by atoms with Crippen molar-refractivity contribution in [3.05, 3.63) is 76.0 Å². The molecule has 0 aliphatic carbocycles. The highest BCUT2D eigenvalue weighted by Gasteiger charge is 2.26. The SMILES string of the molecule is CNC(=O)c1c(-c2ccc(F)cc2)oc2cc(N(C)S(C)(=O)=O)c(-c3cc(C)c(=O)n(C)c3)cc12. The summed E-state index contributed by atoms with van der Waals surface area (Å²) in [5.74, 6) is -0.633. The molecule has 0 bridgehead atoms. The molecule has 2 aromatic heterocycles. The Morgan fingerprint density at radius 2 is 1.77 bits per heavy atom. The number of fused-ring (bicyclic) bond motifs is 1. The fourth-order valence-corrected chi connectivity index (χ4v) is 4.49. The Labute approximate surface area is 201 Å². The zero-order chi connectivity index (χ0) is 25.7. The molecular weight excluding hydrogens is 473 g/mol. The average molecular weight is 498 g/mol. The van der Waals surface area contributed by atoms with Crippen molar-refractivity contribution in [1.29, 1.82) is 0 Å². The number of carbonyl (C=O) groups excluding carboxylic acids is 1. The second-order valence-electron chi connectivity index (χ2n) is 8.32. The first-order valence-electron chi connectivity index (χ1n) is 10.6.